The number of fused-ring (bicyclic) bond motifs is 1. The minimum absolute atomic E-state index is 0.593. The van der Waals surface area contributed by atoms with Gasteiger partial charge in [-0.2, -0.15) is 5.26 Å². The second kappa shape index (κ2) is 4.71. The third-order valence-electron chi connectivity index (χ3n) is 3.64. The fourth-order valence-electron chi connectivity index (χ4n) is 2.67. The summed E-state index contributed by atoms with van der Waals surface area (Å²) in [7, 11) is 0. The Bertz CT molecular complexity index is 643. The van der Waals surface area contributed by atoms with E-state index >= 15 is 0 Å². The van der Waals surface area contributed by atoms with Crippen molar-refractivity contribution in [3.63, 3.8) is 0 Å². The predicted octanol–water partition coefficient (Wildman–Crippen LogP) is 4.23. The summed E-state index contributed by atoms with van der Waals surface area (Å²) in [5.41, 5.74) is 2.76. The van der Waals surface area contributed by atoms with E-state index in [0.29, 0.717) is 0 Å². The van der Waals surface area contributed by atoms with E-state index in [9.17, 15) is 5.26 Å². The van der Waals surface area contributed by atoms with E-state index in [2.05, 4.69) is 39.4 Å². The topological polar surface area (TPSA) is 35.8 Å². The van der Waals surface area contributed by atoms with Crippen LogP contribution in [0.25, 0.3) is 0 Å². The molecule has 0 aliphatic heterocycles. The molecule has 2 aromatic carbocycles. The minimum Gasteiger partial charge on any atom is -0.364 e. The van der Waals surface area contributed by atoms with Crippen LogP contribution in [-0.2, 0) is 12.0 Å². The molecule has 0 amide bonds. The summed E-state index contributed by atoms with van der Waals surface area (Å²) < 4.78 is 1.04. The summed E-state index contributed by atoms with van der Waals surface area (Å²) in [5.74, 6) is 0. The number of rotatable bonds is 2. The monoisotopic (exact) mass is 312 g/mol. The van der Waals surface area contributed by atoms with Crippen molar-refractivity contribution in [2.45, 2.75) is 18.4 Å². The maximum atomic E-state index is 9.66. The SMILES string of the molecule is N#CC1(Nc2ccc(Br)cc2)CCc2ccccc21. The van der Waals surface area contributed by atoms with Crippen molar-refractivity contribution >= 4 is 21.6 Å². The fourth-order valence-corrected chi connectivity index (χ4v) is 2.93. The lowest BCUT2D eigenvalue weighted by molar-refractivity contribution is 0.621. The molecule has 19 heavy (non-hydrogen) atoms. The Kier molecular flexibility index (Phi) is 3.04. The number of halogens is 1. The zero-order chi connectivity index (χ0) is 13.3. The van der Waals surface area contributed by atoms with Crippen LogP contribution in [0, 0.1) is 11.3 Å². The molecule has 2 nitrogen and oxygen atoms in total. The average molecular weight is 313 g/mol. The van der Waals surface area contributed by atoms with Gasteiger partial charge in [-0.3, -0.25) is 0 Å². The Morgan fingerprint density at radius 3 is 2.58 bits per heavy atom. The summed E-state index contributed by atoms with van der Waals surface area (Å²) in [6.07, 6.45) is 1.77. The minimum atomic E-state index is -0.593. The van der Waals surface area contributed by atoms with Crippen LogP contribution in [-0.4, -0.2) is 0 Å². The van der Waals surface area contributed by atoms with Crippen LogP contribution < -0.4 is 5.32 Å². The molecule has 1 aliphatic rings. The van der Waals surface area contributed by atoms with Crippen LogP contribution in [0.2, 0.25) is 0 Å². The number of hydrogen-bond acceptors (Lipinski definition) is 2. The Labute approximate surface area is 121 Å². The molecule has 3 heteroatoms. The maximum Gasteiger partial charge on any atom is 0.151 e. The molecule has 3 rings (SSSR count). The number of hydrogen-bond donors (Lipinski definition) is 1. The lowest BCUT2D eigenvalue weighted by atomic mass is 9.93. The maximum absolute atomic E-state index is 9.66. The lowest BCUT2D eigenvalue weighted by Crippen LogP contribution is -2.30. The van der Waals surface area contributed by atoms with E-state index in [1.165, 1.54) is 5.56 Å². The zero-order valence-electron chi connectivity index (χ0n) is 10.4. The van der Waals surface area contributed by atoms with Gasteiger partial charge >= 0.3 is 0 Å². The quantitative estimate of drug-likeness (QED) is 0.901. The number of benzene rings is 2. The summed E-state index contributed by atoms with van der Waals surface area (Å²) in [5, 5.41) is 13.1. The largest absolute Gasteiger partial charge is 0.364 e. The van der Waals surface area contributed by atoms with Crippen molar-refractivity contribution in [3.8, 4) is 6.07 Å². The first-order valence-corrected chi connectivity index (χ1v) is 7.06. The number of aryl methyl sites for hydroxylation is 1. The summed E-state index contributed by atoms with van der Waals surface area (Å²) in [6.45, 7) is 0. The number of nitriles is 1. The van der Waals surface area contributed by atoms with Gasteiger partial charge in [-0.25, -0.2) is 0 Å². The van der Waals surface area contributed by atoms with Gasteiger partial charge in [-0.15, -0.1) is 0 Å². The molecule has 0 bridgehead atoms. The third-order valence-corrected chi connectivity index (χ3v) is 4.17. The molecule has 0 spiro atoms. The molecule has 1 unspecified atom stereocenters. The van der Waals surface area contributed by atoms with Gasteiger partial charge in [-0.05, 0) is 48.2 Å². The average Bonchev–Trinajstić information content (AvgIpc) is 2.81. The van der Waals surface area contributed by atoms with Gasteiger partial charge in [0.05, 0.1) is 6.07 Å². The zero-order valence-corrected chi connectivity index (χ0v) is 11.9. The van der Waals surface area contributed by atoms with Gasteiger partial charge in [0, 0.05) is 10.2 Å². The van der Waals surface area contributed by atoms with Crippen LogP contribution in [0.5, 0.6) is 0 Å². The molecule has 2 aromatic rings. The fraction of sp³-hybridized carbons (Fsp3) is 0.188. The van der Waals surface area contributed by atoms with Gasteiger partial charge in [0.1, 0.15) is 0 Å². The summed E-state index contributed by atoms with van der Waals surface area (Å²) in [6, 6.07) is 18.6. The Hall–Kier alpha value is -1.79. The van der Waals surface area contributed by atoms with Gasteiger partial charge in [-0.1, -0.05) is 40.2 Å². The molecule has 0 saturated heterocycles. The highest BCUT2D eigenvalue weighted by molar-refractivity contribution is 9.10. The van der Waals surface area contributed by atoms with Gasteiger partial charge in [0.15, 0.2) is 5.54 Å². The lowest BCUT2D eigenvalue weighted by Gasteiger charge is -2.25. The highest BCUT2D eigenvalue weighted by Gasteiger charge is 2.38. The second-order valence-electron chi connectivity index (χ2n) is 4.81. The number of nitrogens with one attached hydrogen (secondary N) is 1. The normalized spacial score (nSPS) is 20.6. The Morgan fingerprint density at radius 1 is 1.11 bits per heavy atom. The van der Waals surface area contributed by atoms with Crippen LogP contribution in [0.4, 0.5) is 5.69 Å². The first-order chi connectivity index (χ1) is 9.23. The molecule has 0 radical (unpaired) electrons. The number of anilines is 1. The van der Waals surface area contributed by atoms with Gasteiger partial charge < -0.3 is 5.32 Å². The van der Waals surface area contributed by atoms with Crippen molar-refractivity contribution in [2.24, 2.45) is 0 Å². The first-order valence-electron chi connectivity index (χ1n) is 6.27. The number of nitrogens with zero attached hydrogens (tertiary/aromatic N) is 1. The van der Waals surface area contributed by atoms with Crippen LogP contribution in [0.3, 0.4) is 0 Å². The molecule has 1 N–H and O–H groups in total. The van der Waals surface area contributed by atoms with Crippen molar-refractivity contribution in [3.05, 3.63) is 64.1 Å². The van der Waals surface area contributed by atoms with Crippen LogP contribution in [0.1, 0.15) is 17.5 Å². The van der Waals surface area contributed by atoms with E-state index in [1.807, 2.05) is 36.4 Å². The second-order valence-corrected chi connectivity index (χ2v) is 5.72. The van der Waals surface area contributed by atoms with E-state index < -0.39 is 5.54 Å². The molecule has 0 heterocycles. The molecule has 1 aliphatic carbocycles. The Morgan fingerprint density at radius 2 is 1.84 bits per heavy atom. The van der Waals surface area contributed by atoms with E-state index in [1.54, 1.807) is 0 Å². The predicted molar refractivity (Wildman–Crippen MR) is 79.8 cm³/mol. The molecule has 1 atom stereocenters. The van der Waals surface area contributed by atoms with Crippen molar-refractivity contribution < 1.29 is 0 Å². The Balaban J connectivity index is 1.98. The standard InChI is InChI=1S/C16H13BrN2/c17-13-5-7-14(8-6-13)19-16(11-18)10-9-12-3-1-2-4-15(12)16/h1-8,19H,9-10H2. The van der Waals surface area contributed by atoms with E-state index in [4.69, 9.17) is 0 Å². The van der Waals surface area contributed by atoms with E-state index in [0.717, 1.165) is 28.6 Å². The first kappa shape index (κ1) is 12.3. The molecule has 0 saturated carbocycles. The van der Waals surface area contributed by atoms with E-state index in [-0.39, 0.29) is 0 Å². The van der Waals surface area contributed by atoms with Gasteiger partial charge in [0.25, 0.3) is 0 Å². The molecule has 0 aromatic heterocycles. The molecule has 94 valence electrons. The smallest absolute Gasteiger partial charge is 0.151 e. The van der Waals surface area contributed by atoms with Crippen molar-refractivity contribution in [2.75, 3.05) is 5.32 Å². The highest BCUT2D eigenvalue weighted by atomic mass is 79.9. The van der Waals surface area contributed by atoms with Crippen LogP contribution >= 0.6 is 15.9 Å². The van der Waals surface area contributed by atoms with Gasteiger partial charge in [0.2, 0.25) is 0 Å². The third kappa shape index (κ3) is 2.13. The summed E-state index contributed by atoms with van der Waals surface area (Å²) in [4.78, 5) is 0. The molecular formula is C16H13BrN2. The van der Waals surface area contributed by atoms with Crippen molar-refractivity contribution in [1.82, 2.24) is 0 Å². The molecular weight excluding hydrogens is 300 g/mol. The molecule has 0 fully saturated rings. The van der Waals surface area contributed by atoms with Crippen molar-refractivity contribution in [1.29, 1.82) is 5.26 Å². The summed E-state index contributed by atoms with van der Waals surface area (Å²) >= 11 is 3.42. The highest BCUT2D eigenvalue weighted by Crippen LogP contribution is 2.39. The van der Waals surface area contributed by atoms with Crippen LogP contribution in [0.15, 0.2) is 53.0 Å².